The number of benzene rings is 1. The monoisotopic (exact) mass is 244 g/mol. The van der Waals surface area contributed by atoms with Crippen LogP contribution >= 0.6 is 0 Å². The number of nitrogens with two attached hydrogens (primary N) is 1. The third kappa shape index (κ3) is 3.49. The first kappa shape index (κ1) is 12.4. The van der Waals surface area contributed by atoms with Crippen LogP contribution in [0.1, 0.15) is 17.7 Å². The Morgan fingerprint density at radius 3 is 2.72 bits per heavy atom. The zero-order valence-corrected chi connectivity index (χ0v) is 10.1. The van der Waals surface area contributed by atoms with Gasteiger partial charge in [0.1, 0.15) is 6.54 Å². The lowest BCUT2D eigenvalue weighted by Gasteiger charge is -2.01. The van der Waals surface area contributed by atoms with Crippen molar-refractivity contribution in [3.05, 3.63) is 47.8 Å². The van der Waals surface area contributed by atoms with Crippen molar-refractivity contribution in [2.24, 2.45) is 5.73 Å². The molecule has 18 heavy (non-hydrogen) atoms. The quantitative estimate of drug-likeness (QED) is 0.820. The zero-order chi connectivity index (χ0) is 12.8. The van der Waals surface area contributed by atoms with Crippen LogP contribution in [0.15, 0.2) is 36.5 Å². The average molecular weight is 244 g/mol. The molecule has 5 heteroatoms. The fourth-order valence-electron chi connectivity index (χ4n) is 1.70. The van der Waals surface area contributed by atoms with E-state index in [9.17, 15) is 4.79 Å². The van der Waals surface area contributed by atoms with E-state index in [1.54, 1.807) is 6.20 Å². The Labute approximate surface area is 106 Å². The summed E-state index contributed by atoms with van der Waals surface area (Å²) in [5.41, 5.74) is 7.30. The molecule has 1 aromatic heterocycles. The topological polar surface area (TPSA) is 73.8 Å². The van der Waals surface area contributed by atoms with Crippen molar-refractivity contribution in [2.75, 3.05) is 0 Å². The van der Waals surface area contributed by atoms with Crippen molar-refractivity contribution < 1.29 is 4.79 Å². The van der Waals surface area contributed by atoms with Crippen LogP contribution < -0.4 is 5.73 Å². The van der Waals surface area contributed by atoms with Gasteiger partial charge in [-0.25, -0.2) is 4.68 Å². The number of nitrogens with zero attached hydrogens (tertiary/aromatic N) is 3. The lowest BCUT2D eigenvalue weighted by atomic mass is 10.1. The predicted molar refractivity (Wildman–Crippen MR) is 67.7 cm³/mol. The number of hydrogen-bond donors (Lipinski definition) is 1. The molecule has 0 aliphatic carbocycles. The molecule has 2 N–H and O–H groups in total. The highest BCUT2D eigenvalue weighted by Gasteiger charge is 2.06. The summed E-state index contributed by atoms with van der Waals surface area (Å²) in [6, 6.07) is 9.97. The number of hydrogen-bond acceptors (Lipinski definition) is 4. The molecule has 0 radical (unpaired) electrons. The molecule has 0 saturated carbocycles. The summed E-state index contributed by atoms with van der Waals surface area (Å²) >= 11 is 0. The van der Waals surface area contributed by atoms with Gasteiger partial charge >= 0.3 is 0 Å². The molecule has 0 fully saturated rings. The van der Waals surface area contributed by atoms with Gasteiger partial charge in [0.2, 0.25) is 0 Å². The lowest BCUT2D eigenvalue weighted by molar-refractivity contribution is -0.119. The van der Waals surface area contributed by atoms with Gasteiger partial charge in [0.15, 0.2) is 5.78 Å². The Hall–Kier alpha value is -2.01. The summed E-state index contributed by atoms with van der Waals surface area (Å²) in [5, 5.41) is 7.69. The molecule has 0 atom stereocenters. The van der Waals surface area contributed by atoms with Crippen LogP contribution in [-0.2, 0) is 24.3 Å². The summed E-state index contributed by atoms with van der Waals surface area (Å²) in [6.07, 6.45) is 2.99. The molecule has 2 rings (SSSR count). The van der Waals surface area contributed by atoms with Crippen LogP contribution in [0.3, 0.4) is 0 Å². The molecule has 0 aliphatic rings. The maximum absolute atomic E-state index is 11.8. The normalized spacial score (nSPS) is 10.5. The molecule has 0 aliphatic heterocycles. The molecular formula is C13H16N4O. The van der Waals surface area contributed by atoms with E-state index in [-0.39, 0.29) is 12.3 Å². The SMILES string of the molecule is NCc1cn(CC(=O)CCc2ccccc2)nn1. The largest absolute Gasteiger partial charge is 0.325 e. The van der Waals surface area contributed by atoms with E-state index in [0.717, 1.165) is 6.42 Å². The predicted octanol–water partition coefficient (Wildman–Crippen LogP) is 0.939. The molecule has 1 aromatic carbocycles. The Morgan fingerprint density at radius 2 is 2.06 bits per heavy atom. The van der Waals surface area contributed by atoms with Gasteiger partial charge in [0.05, 0.1) is 11.9 Å². The Balaban J connectivity index is 1.82. The molecule has 0 amide bonds. The molecule has 0 bridgehead atoms. The van der Waals surface area contributed by atoms with Crippen LogP contribution in [0, 0.1) is 0 Å². The number of ketones is 1. The van der Waals surface area contributed by atoms with E-state index in [1.807, 2.05) is 30.3 Å². The zero-order valence-electron chi connectivity index (χ0n) is 10.1. The lowest BCUT2D eigenvalue weighted by Crippen LogP contribution is -2.11. The first-order chi connectivity index (χ1) is 8.78. The van der Waals surface area contributed by atoms with Gasteiger partial charge in [0, 0.05) is 13.0 Å². The van der Waals surface area contributed by atoms with Crippen molar-refractivity contribution in [3.63, 3.8) is 0 Å². The first-order valence-electron chi connectivity index (χ1n) is 5.92. The van der Waals surface area contributed by atoms with Crippen LogP contribution in [0.25, 0.3) is 0 Å². The number of rotatable bonds is 6. The highest BCUT2D eigenvalue weighted by molar-refractivity contribution is 5.78. The van der Waals surface area contributed by atoms with Crippen molar-refractivity contribution in [2.45, 2.75) is 25.9 Å². The smallest absolute Gasteiger partial charge is 0.154 e. The highest BCUT2D eigenvalue weighted by Crippen LogP contribution is 2.03. The number of carbonyl (C=O) groups is 1. The Morgan fingerprint density at radius 1 is 1.28 bits per heavy atom. The summed E-state index contributed by atoms with van der Waals surface area (Å²) < 4.78 is 1.54. The second-order valence-electron chi connectivity index (χ2n) is 4.14. The second kappa shape index (κ2) is 6.07. The third-order valence-corrected chi connectivity index (χ3v) is 2.67. The van der Waals surface area contributed by atoms with Crippen LogP contribution in [-0.4, -0.2) is 20.8 Å². The first-order valence-corrected chi connectivity index (χ1v) is 5.92. The van der Waals surface area contributed by atoms with Gasteiger partial charge in [-0.2, -0.15) is 0 Å². The van der Waals surface area contributed by atoms with E-state index in [2.05, 4.69) is 10.3 Å². The molecule has 2 aromatic rings. The minimum absolute atomic E-state index is 0.146. The fourth-order valence-corrected chi connectivity index (χ4v) is 1.70. The number of carbonyl (C=O) groups excluding carboxylic acids is 1. The minimum Gasteiger partial charge on any atom is -0.325 e. The molecule has 1 heterocycles. The fraction of sp³-hybridized carbons (Fsp3) is 0.308. The third-order valence-electron chi connectivity index (χ3n) is 2.67. The van der Waals surface area contributed by atoms with E-state index < -0.39 is 0 Å². The summed E-state index contributed by atoms with van der Waals surface area (Å²) in [5.74, 6) is 0.146. The van der Waals surface area contributed by atoms with E-state index in [1.165, 1.54) is 10.2 Å². The molecule has 94 valence electrons. The van der Waals surface area contributed by atoms with Gasteiger partial charge in [-0.15, -0.1) is 5.10 Å². The van der Waals surface area contributed by atoms with Crippen LogP contribution in [0.2, 0.25) is 0 Å². The number of Topliss-reactive ketones (excluding diaryl/α,β-unsaturated/α-hetero) is 1. The summed E-state index contributed by atoms with van der Waals surface area (Å²) in [6.45, 7) is 0.609. The van der Waals surface area contributed by atoms with Gasteiger partial charge in [-0.05, 0) is 12.0 Å². The van der Waals surface area contributed by atoms with Gasteiger partial charge in [0.25, 0.3) is 0 Å². The minimum atomic E-state index is 0.146. The van der Waals surface area contributed by atoms with E-state index in [4.69, 9.17) is 5.73 Å². The second-order valence-corrected chi connectivity index (χ2v) is 4.14. The molecule has 5 nitrogen and oxygen atoms in total. The van der Waals surface area contributed by atoms with E-state index >= 15 is 0 Å². The molecule has 0 spiro atoms. The molecular weight excluding hydrogens is 228 g/mol. The van der Waals surface area contributed by atoms with Crippen LogP contribution in [0.5, 0.6) is 0 Å². The van der Waals surface area contributed by atoms with Crippen molar-refractivity contribution >= 4 is 5.78 Å². The number of aromatic nitrogens is 3. The molecule has 0 saturated heterocycles. The number of aryl methyl sites for hydroxylation is 1. The summed E-state index contributed by atoms with van der Waals surface area (Å²) in [7, 11) is 0. The molecule has 0 unspecified atom stereocenters. The van der Waals surface area contributed by atoms with Crippen molar-refractivity contribution in [1.29, 1.82) is 0 Å². The van der Waals surface area contributed by atoms with E-state index in [0.29, 0.717) is 18.7 Å². The maximum atomic E-state index is 11.8. The Kier molecular flexibility index (Phi) is 4.20. The van der Waals surface area contributed by atoms with Gasteiger partial charge in [-0.1, -0.05) is 35.5 Å². The standard InChI is InChI=1S/C13H16N4O/c14-8-12-9-17(16-15-12)10-13(18)7-6-11-4-2-1-3-5-11/h1-5,9H,6-8,10,14H2. The van der Waals surface area contributed by atoms with Gasteiger partial charge < -0.3 is 5.73 Å². The van der Waals surface area contributed by atoms with Crippen molar-refractivity contribution in [3.8, 4) is 0 Å². The van der Waals surface area contributed by atoms with Gasteiger partial charge in [-0.3, -0.25) is 4.79 Å². The maximum Gasteiger partial charge on any atom is 0.154 e. The van der Waals surface area contributed by atoms with Crippen molar-refractivity contribution in [1.82, 2.24) is 15.0 Å². The highest BCUT2D eigenvalue weighted by atomic mass is 16.1. The summed E-state index contributed by atoms with van der Waals surface area (Å²) in [4.78, 5) is 11.8. The average Bonchev–Trinajstić information content (AvgIpc) is 2.85. The van der Waals surface area contributed by atoms with Crippen LogP contribution in [0.4, 0.5) is 0 Å². The Bertz CT molecular complexity index is 507.